The van der Waals surface area contributed by atoms with E-state index in [0.717, 1.165) is 29.7 Å². The van der Waals surface area contributed by atoms with Crippen molar-refractivity contribution in [1.29, 1.82) is 0 Å². The summed E-state index contributed by atoms with van der Waals surface area (Å²) in [5.41, 5.74) is 6.38. The van der Waals surface area contributed by atoms with Crippen LogP contribution in [-0.4, -0.2) is 30.1 Å². The van der Waals surface area contributed by atoms with E-state index in [0.29, 0.717) is 6.04 Å². The maximum Gasteiger partial charge on any atom is 0.00956 e. The molecule has 5 atom stereocenters. The molecule has 2 nitrogen and oxygen atoms in total. The minimum Gasteiger partial charge on any atom is -0.327 e. The number of nitrogens with zero attached hydrogens (tertiary/aromatic N) is 1. The van der Waals surface area contributed by atoms with Crippen LogP contribution in [0.1, 0.15) is 65.2 Å². The van der Waals surface area contributed by atoms with Gasteiger partial charge in [0.15, 0.2) is 0 Å². The lowest BCUT2D eigenvalue weighted by atomic mass is 9.78. The molecular weight excluding hydrogens is 244 g/mol. The summed E-state index contributed by atoms with van der Waals surface area (Å²) < 4.78 is 0. The largest absolute Gasteiger partial charge is 0.327 e. The Morgan fingerprint density at radius 3 is 2.45 bits per heavy atom. The van der Waals surface area contributed by atoms with Crippen molar-refractivity contribution < 1.29 is 0 Å². The van der Waals surface area contributed by atoms with E-state index in [9.17, 15) is 0 Å². The van der Waals surface area contributed by atoms with Gasteiger partial charge in [-0.3, -0.25) is 4.90 Å². The molecule has 2 saturated carbocycles. The van der Waals surface area contributed by atoms with Crippen molar-refractivity contribution in [3.8, 4) is 0 Å². The molecule has 2 heteroatoms. The summed E-state index contributed by atoms with van der Waals surface area (Å²) in [4.78, 5) is 2.84. The summed E-state index contributed by atoms with van der Waals surface area (Å²) in [6.45, 7) is 7.49. The highest BCUT2D eigenvalue weighted by Crippen LogP contribution is 2.39. The summed E-state index contributed by atoms with van der Waals surface area (Å²) >= 11 is 0. The average molecular weight is 278 g/mol. The summed E-state index contributed by atoms with van der Waals surface area (Å²) in [5.74, 6) is 3.59. The van der Waals surface area contributed by atoms with Gasteiger partial charge in [-0.25, -0.2) is 0 Å². The van der Waals surface area contributed by atoms with E-state index in [4.69, 9.17) is 5.73 Å². The SMILES string of the molecule is CC(C)C1CCCC(N2CC3CCCC(N)C3C2)CC1. The molecule has 0 radical (unpaired) electrons. The first-order chi connectivity index (χ1) is 9.65. The van der Waals surface area contributed by atoms with E-state index in [-0.39, 0.29) is 0 Å². The average Bonchev–Trinajstić information content (AvgIpc) is 2.70. The summed E-state index contributed by atoms with van der Waals surface area (Å²) in [7, 11) is 0. The third-order valence-corrected chi connectivity index (χ3v) is 6.62. The van der Waals surface area contributed by atoms with Gasteiger partial charge in [0.1, 0.15) is 0 Å². The molecule has 1 heterocycles. The van der Waals surface area contributed by atoms with Crippen molar-refractivity contribution in [1.82, 2.24) is 4.90 Å². The zero-order chi connectivity index (χ0) is 14.1. The number of fused-ring (bicyclic) bond motifs is 1. The first-order valence-electron chi connectivity index (χ1n) is 9.14. The highest BCUT2D eigenvalue weighted by atomic mass is 15.2. The fourth-order valence-corrected chi connectivity index (χ4v) is 5.19. The molecule has 3 fully saturated rings. The van der Waals surface area contributed by atoms with Gasteiger partial charge >= 0.3 is 0 Å². The van der Waals surface area contributed by atoms with Crippen LogP contribution in [0.25, 0.3) is 0 Å². The van der Waals surface area contributed by atoms with E-state index in [1.165, 1.54) is 64.5 Å². The molecule has 2 N–H and O–H groups in total. The molecule has 0 aromatic carbocycles. The van der Waals surface area contributed by atoms with Crippen molar-refractivity contribution in [2.45, 2.75) is 77.3 Å². The molecule has 0 bridgehead atoms. The highest BCUT2D eigenvalue weighted by Gasteiger charge is 2.41. The Morgan fingerprint density at radius 1 is 0.900 bits per heavy atom. The van der Waals surface area contributed by atoms with E-state index in [1.807, 2.05) is 0 Å². The maximum absolute atomic E-state index is 6.38. The van der Waals surface area contributed by atoms with Crippen LogP contribution in [0.2, 0.25) is 0 Å². The second-order valence-corrected chi connectivity index (χ2v) is 8.14. The Hall–Kier alpha value is -0.0800. The molecular formula is C18H34N2. The van der Waals surface area contributed by atoms with Crippen molar-refractivity contribution in [3.05, 3.63) is 0 Å². The van der Waals surface area contributed by atoms with E-state index >= 15 is 0 Å². The van der Waals surface area contributed by atoms with Crippen LogP contribution < -0.4 is 5.73 Å². The second kappa shape index (κ2) is 6.36. The van der Waals surface area contributed by atoms with Gasteiger partial charge < -0.3 is 5.73 Å². The zero-order valence-electron chi connectivity index (χ0n) is 13.6. The fourth-order valence-electron chi connectivity index (χ4n) is 5.19. The van der Waals surface area contributed by atoms with Gasteiger partial charge in [0.2, 0.25) is 0 Å². The van der Waals surface area contributed by atoms with Gasteiger partial charge in [0.05, 0.1) is 0 Å². The number of rotatable bonds is 2. The number of hydrogen-bond donors (Lipinski definition) is 1. The van der Waals surface area contributed by atoms with Crippen LogP contribution in [0.15, 0.2) is 0 Å². The summed E-state index contributed by atoms with van der Waals surface area (Å²) in [5, 5.41) is 0. The van der Waals surface area contributed by atoms with Crippen molar-refractivity contribution in [2.75, 3.05) is 13.1 Å². The number of likely N-dealkylation sites (tertiary alicyclic amines) is 1. The van der Waals surface area contributed by atoms with Crippen LogP contribution in [0.3, 0.4) is 0 Å². The lowest BCUT2D eigenvalue weighted by molar-refractivity contribution is 0.205. The second-order valence-electron chi connectivity index (χ2n) is 8.14. The van der Waals surface area contributed by atoms with Gasteiger partial charge in [0.25, 0.3) is 0 Å². The van der Waals surface area contributed by atoms with Gasteiger partial charge in [-0.2, -0.15) is 0 Å². The molecule has 116 valence electrons. The normalized spacial score (nSPS) is 43.5. The Bertz CT molecular complexity index is 315. The predicted octanol–water partition coefficient (Wildman–Crippen LogP) is 3.65. The molecule has 3 aliphatic rings. The monoisotopic (exact) mass is 278 g/mol. The third-order valence-electron chi connectivity index (χ3n) is 6.62. The van der Waals surface area contributed by atoms with Crippen LogP contribution in [0, 0.1) is 23.7 Å². The standard InChI is InChI=1S/C18H34N2/c1-13(2)14-5-3-7-16(10-9-14)20-11-15-6-4-8-18(19)17(15)12-20/h13-18H,3-12,19H2,1-2H3. The Kier molecular flexibility index (Phi) is 4.72. The Morgan fingerprint density at radius 2 is 1.70 bits per heavy atom. The fraction of sp³-hybridized carbons (Fsp3) is 1.00. The van der Waals surface area contributed by atoms with Gasteiger partial charge in [-0.1, -0.05) is 33.1 Å². The molecule has 1 saturated heterocycles. The maximum atomic E-state index is 6.38. The van der Waals surface area contributed by atoms with Gasteiger partial charge in [-0.15, -0.1) is 0 Å². The van der Waals surface area contributed by atoms with Gasteiger partial charge in [-0.05, 0) is 55.8 Å². The highest BCUT2D eigenvalue weighted by molar-refractivity contribution is 4.95. The third kappa shape index (κ3) is 3.06. The molecule has 1 aliphatic heterocycles. The molecule has 0 amide bonds. The topological polar surface area (TPSA) is 29.3 Å². The number of hydrogen-bond acceptors (Lipinski definition) is 2. The summed E-state index contributed by atoms with van der Waals surface area (Å²) in [6.07, 6.45) is 11.3. The van der Waals surface area contributed by atoms with Crippen LogP contribution >= 0.6 is 0 Å². The van der Waals surface area contributed by atoms with E-state index in [2.05, 4.69) is 18.7 Å². The molecule has 0 spiro atoms. The van der Waals surface area contributed by atoms with Gasteiger partial charge in [0, 0.05) is 25.2 Å². The first kappa shape index (κ1) is 14.8. The first-order valence-corrected chi connectivity index (χ1v) is 9.14. The zero-order valence-corrected chi connectivity index (χ0v) is 13.6. The Labute approximate surface area is 125 Å². The molecule has 2 aliphatic carbocycles. The predicted molar refractivity (Wildman–Crippen MR) is 85.6 cm³/mol. The molecule has 3 rings (SSSR count). The van der Waals surface area contributed by atoms with Crippen molar-refractivity contribution in [2.24, 2.45) is 29.4 Å². The smallest absolute Gasteiger partial charge is 0.00956 e. The summed E-state index contributed by atoms with van der Waals surface area (Å²) in [6, 6.07) is 1.37. The van der Waals surface area contributed by atoms with Crippen molar-refractivity contribution in [3.63, 3.8) is 0 Å². The van der Waals surface area contributed by atoms with Crippen LogP contribution in [-0.2, 0) is 0 Å². The molecule has 0 aromatic heterocycles. The quantitative estimate of drug-likeness (QED) is 0.781. The van der Waals surface area contributed by atoms with Crippen LogP contribution in [0.5, 0.6) is 0 Å². The molecule has 5 unspecified atom stereocenters. The molecule has 20 heavy (non-hydrogen) atoms. The lowest BCUT2D eigenvalue weighted by Crippen LogP contribution is -2.39. The van der Waals surface area contributed by atoms with Crippen molar-refractivity contribution >= 4 is 0 Å². The Balaban J connectivity index is 1.57. The van der Waals surface area contributed by atoms with E-state index < -0.39 is 0 Å². The van der Waals surface area contributed by atoms with Crippen LogP contribution in [0.4, 0.5) is 0 Å². The lowest BCUT2D eigenvalue weighted by Gasteiger charge is -2.30. The minimum absolute atomic E-state index is 0.493. The van der Waals surface area contributed by atoms with E-state index in [1.54, 1.807) is 0 Å². The molecule has 0 aromatic rings. The number of nitrogens with two attached hydrogens (primary N) is 1. The minimum atomic E-state index is 0.493.